The second-order valence-corrected chi connectivity index (χ2v) is 10.3. The van der Waals surface area contributed by atoms with Gasteiger partial charge in [0.2, 0.25) is 0 Å². The number of carbonyl (C=O) groups is 1. The van der Waals surface area contributed by atoms with Crippen molar-refractivity contribution in [2.24, 2.45) is 0 Å². The summed E-state index contributed by atoms with van der Waals surface area (Å²) in [5, 5.41) is 9.82. The number of carboxylic acid groups (broad SMARTS) is 1. The van der Waals surface area contributed by atoms with Gasteiger partial charge in [0, 0.05) is 15.3 Å². The van der Waals surface area contributed by atoms with E-state index < -0.39 is 11.9 Å². The molecule has 154 valence electrons. The van der Waals surface area contributed by atoms with Gasteiger partial charge in [-0.2, -0.15) is 0 Å². The average Bonchev–Trinajstić information content (AvgIpc) is 3.25. The zero-order valence-corrected chi connectivity index (χ0v) is 19.3. The molecule has 0 unspecified atom stereocenters. The van der Waals surface area contributed by atoms with Crippen molar-refractivity contribution in [2.75, 3.05) is 0 Å². The Morgan fingerprint density at radius 3 is 1.72 bits per heavy atom. The first-order chi connectivity index (χ1) is 13.4. The molecule has 0 aliphatic carbocycles. The minimum atomic E-state index is -0.989. The van der Waals surface area contributed by atoms with Crippen molar-refractivity contribution in [1.82, 2.24) is 0 Å². The van der Waals surface area contributed by atoms with Gasteiger partial charge in [0.1, 0.15) is 29.0 Å². The van der Waals surface area contributed by atoms with Gasteiger partial charge in [-0.05, 0) is 42.0 Å². The van der Waals surface area contributed by atoms with Gasteiger partial charge in [-0.15, -0.1) is 0 Å². The van der Waals surface area contributed by atoms with Gasteiger partial charge in [0.25, 0.3) is 0 Å². The predicted octanol–water partition coefficient (Wildman–Crippen LogP) is 7.11. The lowest BCUT2D eigenvalue weighted by molar-refractivity contribution is 0.0695. The molecule has 3 rings (SSSR count). The Labute approximate surface area is 180 Å². The molecule has 5 heteroatoms. The quantitative estimate of drug-likeness (QED) is 0.452. The Hall–Kier alpha value is -2.27. The van der Waals surface area contributed by atoms with E-state index in [1.165, 1.54) is 0 Å². The first kappa shape index (κ1) is 21.4. The largest absolute Gasteiger partial charge is 0.478 e. The molecule has 4 nitrogen and oxygen atoms in total. The van der Waals surface area contributed by atoms with Crippen molar-refractivity contribution in [2.45, 2.75) is 58.3 Å². The SMILES string of the molecule is CC(C)(C)c1ccc(C(c2ccc(C(C)(C)C)o2)c2ccc(Br)cc2C(=O)O)o1. The summed E-state index contributed by atoms with van der Waals surface area (Å²) in [6.45, 7) is 12.5. The minimum Gasteiger partial charge on any atom is -0.478 e. The molecule has 0 radical (unpaired) electrons. The van der Waals surface area contributed by atoms with Gasteiger partial charge in [-0.1, -0.05) is 63.5 Å². The van der Waals surface area contributed by atoms with Crippen LogP contribution in [0.1, 0.15) is 86.4 Å². The molecule has 0 bridgehead atoms. The molecular weight excluding hydrogens is 432 g/mol. The van der Waals surface area contributed by atoms with Crippen molar-refractivity contribution in [1.29, 1.82) is 0 Å². The molecule has 29 heavy (non-hydrogen) atoms. The van der Waals surface area contributed by atoms with Gasteiger partial charge in [0.15, 0.2) is 0 Å². The molecule has 0 amide bonds. The zero-order chi connectivity index (χ0) is 21.6. The van der Waals surface area contributed by atoms with Gasteiger partial charge < -0.3 is 13.9 Å². The molecule has 0 saturated heterocycles. The summed E-state index contributed by atoms with van der Waals surface area (Å²) in [5.74, 6) is 1.56. The third-order valence-corrected chi connectivity index (χ3v) is 5.35. The van der Waals surface area contributed by atoms with E-state index >= 15 is 0 Å². The zero-order valence-electron chi connectivity index (χ0n) is 17.7. The molecule has 2 heterocycles. The van der Waals surface area contributed by atoms with Crippen LogP contribution < -0.4 is 0 Å². The van der Waals surface area contributed by atoms with Crippen LogP contribution in [-0.4, -0.2) is 11.1 Å². The number of hydrogen-bond donors (Lipinski definition) is 1. The normalized spacial score (nSPS) is 12.6. The molecule has 0 spiro atoms. The lowest BCUT2D eigenvalue weighted by atomic mass is 9.90. The van der Waals surface area contributed by atoms with Crippen LogP contribution in [0.4, 0.5) is 0 Å². The van der Waals surface area contributed by atoms with E-state index in [9.17, 15) is 9.90 Å². The summed E-state index contributed by atoms with van der Waals surface area (Å²) in [4.78, 5) is 12.0. The maximum Gasteiger partial charge on any atom is 0.336 e. The van der Waals surface area contributed by atoms with E-state index in [1.54, 1.807) is 6.07 Å². The number of benzene rings is 1. The highest BCUT2D eigenvalue weighted by Crippen LogP contribution is 2.39. The van der Waals surface area contributed by atoms with Crippen LogP contribution in [0.2, 0.25) is 0 Å². The lowest BCUT2D eigenvalue weighted by Gasteiger charge is -2.19. The second-order valence-electron chi connectivity index (χ2n) is 9.37. The Kier molecular flexibility index (Phi) is 5.56. The Balaban J connectivity index is 2.22. The van der Waals surface area contributed by atoms with E-state index in [0.29, 0.717) is 21.6 Å². The van der Waals surface area contributed by atoms with E-state index in [1.807, 2.05) is 36.4 Å². The van der Waals surface area contributed by atoms with Crippen LogP contribution in [0, 0.1) is 0 Å². The number of hydrogen-bond acceptors (Lipinski definition) is 3. The monoisotopic (exact) mass is 458 g/mol. The fourth-order valence-corrected chi connectivity index (χ4v) is 3.60. The molecule has 2 aromatic heterocycles. The van der Waals surface area contributed by atoms with Crippen LogP contribution in [0.15, 0.2) is 55.8 Å². The molecule has 0 atom stereocenters. The van der Waals surface area contributed by atoms with E-state index in [-0.39, 0.29) is 16.4 Å². The fraction of sp³-hybridized carbons (Fsp3) is 0.375. The molecule has 0 aliphatic heterocycles. The summed E-state index contributed by atoms with van der Waals surface area (Å²) >= 11 is 3.38. The third-order valence-electron chi connectivity index (χ3n) is 4.86. The molecule has 1 aromatic carbocycles. The predicted molar refractivity (Wildman–Crippen MR) is 117 cm³/mol. The Bertz CT molecular complexity index is 976. The van der Waals surface area contributed by atoms with E-state index in [0.717, 1.165) is 11.5 Å². The van der Waals surface area contributed by atoms with Gasteiger partial charge in [0.05, 0.1) is 5.56 Å². The first-order valence-electron chi connectivity index (χ1n) is 9.61. The van der Waals surface area contributed by atoms with Gasteiger partial charge >= 0.3 is 5.97 Å². The van der Waals surface area contributed by atoms with E-state index in [2.05, 4.69) is 57.5 Å². The van der Waals surface area contributed by atoms with Crippen molar-refractivity contribution in [3.8, 4) is 0 Å². The van der Waals surface area contributed by atoms with Crippen LogP contribution in [-0.2, 0) is 10.8 Å². The highest BCUT2D eigenvalue weighted by molar-refractivity contribution is 9.10. The average molecular weight is 459 g/mol. The van der Waals surface area contributed by atoms with Gasteiger partial charge in [-0.3, -0.25) is 0 Å². The second kappa shape index (κ2) is 7.52. The fourth-order valence-electron chi connectivity index (χ4n) is 3.23. The minimum absolute atomic E-state index is 0.155. The Morgan fingerprint density at radius 1 is 0.862 bits per heavy atom. The first-order valence-corrected chi connectivity index (χ1v) is 10.4. The van der Waals surface area contributed by atoms with Crippen LogP contribution in [0.3, 0.4) is 0 Å². The topological polar surface area (TPSA) is 63.6 Å². The number of halogens is 1. The summed E-state index contributed by atoms with van der Waals surface area (Å²) in [5.41, 5.74) is 0.535. The van der Waals surface area contributed by atoms with Crippen LogP contribution in [0.5, 0.6) is 0 Å². The number of rotatable bonds is 4. The van der Waals surface area contributed by atoms with Crippen molar-refractivity contribution in [3.05, 3.63) is 81.1 Å². The molecule has 0 aliphatic rings. The maximum atomic E-state index is 12.0. The summed E-state index contributed by atoms with van der Waals surface area (Å²) in [7, 11) is 0. The summed E-state index contributed by atoms with van der Waals surface area (Å²) in [6, 6.07) is 13.0. The van der Waals surface area contributed by atoms with Crippen molar-refractivity contribution < 1.29 is 18.7 Å². The number of carboxylic acids is 1. The number of aromatic carboxylic acids is 1. The third kappa shape index (κ3) is 4.50. The van der Waals surface area contributed by atoms with Crippen molar-refractivity contribution >= 4 is 21.9 Å². The molecule has 1 N–H and O–H groups in total. The van der Waals surface area contributed by atoms with Crippen molar-refractivity contribution in [3.63, 3.8) is 0 Å². The molecule has 0 saturated carbocycles. The molecule has 0 fully saturated rings. The van der Waals surface area contributed by atoms with E-state index in [4.69, 9.17) is 8.83 Å². The summed E-state index contributed by atoms with van der Waals surface area (Å²) < 4.78 is 13.1. The van der Waals surface area contributed by atoms with Gasteiger partial charge in [-0.25, -0.2) is 4.79 Å². The molecule has 3 aromatic rings. The summed E-state index contributed by atoms with van der Waals surface area (Å²) in [6.07, 6.45) is 0. The smallest absolute Gasteiger partial charge is 0.336 e. The highest BCUT2D eigenvalue weighted by Gasteiger charge is 2.31. The lowest BCUT2D eigenvalue weighted by Crippen LogP contribution is -2.11. The highest BCUT2D eigenvalue weighted by atomic mass is 79.9. The molecular formula is C24H27BrO4. The Morgan fingerprint density at radius 2 is 1.34 bits per heavy atom. The van der Waals surface area contributed by atoms with Crippen LogP contribution in [0.25, 0.3) is 0 Å². The number of furan rings is 2. The standard InChI is InChI=1S/C24H27BrO4/c1-23(2,3)19-11-9-17(28-19)21(18-10-12-20(29-18)24(4,5)6)15-8-7-14(25)13-16(15)22(26)27/h7-13,21H,1-6H3,(H,26,27). The van der Waals surface area contributed by atoms with Crippen LogP contribution >= 0.6 is 15.9 Å². The maximum absolute atomic E-state index is 12.0.